The third-order valence-corrected chi connectivity index (χ3v) is 7.93. The van der Waals surface area contributed by atoms with Crippen LogP contribution >= 0.6 is 0 Å². The molecule has 0 bridgehead atoms. The van der Waals surface area contributed by atoms with Gasteiger partial charge in [-0.15, -0.1) is 0 Å². The lowest BCUT2D eigenvalue weighted by Gasteiger charge is -2.34. The summed E-state index contributed by atoms with van der Waals surface area (Å²) in [6, 6.07) is 11.1. The zero-order chi connectivity index (χ0) is 24.0. The van der Waals surface area contributed by atoms with Crippen molar-refractivity contribution in [3.63, 3.8) is 0 Å². The number of piperidine rings is 1. The number of hydrogen-bond acceptors (Lipinski definition) is 4. The highest BCUT2D eigenvalue weighted by atomic mass is 32.2. The first-order valence-electron chi connectivity index (χ1n) is 11.1. The highest BCUT2D eigenvalue weighted by molar-refractivity contribution is 7.89. The molecule has 2 aromatic carbocycles. The van der Waals surface area contributed by atoms with Crippen molar-refractivity contribution < 1.29 is 22.4 Å². The van der Waals surface area contributed by atoms with Crippen molar-refractivity contribution in [2.75, 3.05) is 13.1 Å². The lowest BCUT2D eigenvalue weighted by molar-refractivity contribution is -0.139. The molecule has 33 heavy (non-hydrogen) atoms. The number of nitrogens with one attached hydrogen (secondary N) is 2. The summed E-state index contributed by atoms with van der Waals surface area (Å²) in [5.74, 6) is -1.93. The summed E-state index contributed by atoms with van der Waals surface area (Å²) in [4.78, 5) is 24.4. The van der Waals surface area contributed by atoms with Crippen LogP contribution in [0.2, 0.25) is 0 Å². The largest absolute Gasteiger partial charge is 0.348 e. The minimum absolute atomic E-state index is 0.0629. The number of sulfonamides is 1. The molecule has 0 unspecified atom stereocenters. The van der Waals surface area contributed by atoms with Crippen LogP contribution < -0.4 is 10.6 Å². The fourth-order valence-corrected chi connectivity index (χ4v) is 5.80. The summed E-state index contributed by atoms with van der Waals surface area (Å²) < 4.78 is 41.4. The number of hydrogen-bond donors (Lipinski definition) is 2. The quantitative estimate of drug-likeness (QED) is 0.602. The van der Waals surface area contributed by atoms with Gasteiger partial charge in [-0.25, -0.2) is 12.8 Å². The van der Waals surface area contributed by atoms with E-state index in [1.807, 2.05) is 31.2 Å². The van der Waals surface area contributed by atoms with Gasteiger partial charge >= 0.3 is 11.8 Å². The van der Waals surface area contributed by atoms with Crippen LogP contribution in [0.4, 0.5) is 4.39 Å². The Bertz CT molecular complexity index is 1120. The molecule has 0 spiro atoms. The Kier molecular flexibility index (Phi) is 8.20. The zero-order valence-corrected chi connectivity index (χ0v) is 19.8. The third-order valence-electron chi connectivity index (χ3n) is 5.98. The molecule has 2 aromatic rings. The molecule has 1 aliphatic heterocycles. The maximum atomic E-state index is 13.6. The topological polar surface area (TPSA) is 95.6 Å². The van der Waals surface area contributed by atoms with Crippen molar-refractivity contribution in [3.8, 4) is 0 Å². The average molecular weight is 476 g/mol. The van der Waals surface area contributed by atoms with Gasteiger partial charge in [0.2, 0.25) is 10.0 Å². The molecule has 1 fully saturated rings. The molecule has 1 atom stereocenters. The summed E-state index contributed by atoms with van der Waals surface area (Å²) in [6.07, 6.45) is 2.67. The van der Waals surface area contributed by atoms with E-state index in [0.29, 0.717) is 19.4 Å². The van der Waals surface area contributed by atoms with Gasteiger partial charge in [0.15, 0.2) is 0 Å². The first kappa shape index (κ1) is 24.9. The Balaban J connectivity index is 1.55. The highest BCUT2D eigenvalue weighted by Crippen LogP contribution is 2.27. The van der Waals surface area contributed by atoms with Gasteiger partial charge < -0.3 is 10.6 Å². The van der Waals surface area contributed by atoms with E-state index in [2.05, 4.69) is 10.6 Å². The number of carbonyl (C=O) groups is 2. The average Bonchev–Trinajstić information content (AvgIpc) is 2.80. The molecule has 0 radical (unpaired) electrons. The number of nitrogens with zero attached hydrogens (tertiary/aromatic N) is 1. The minimum Gasteiger partial charge on any atom is -0.348 e. The van der Waals surface area contributed by atoms with Crippen molar-refractivity contribution >= 4 is 21.8 Å². The first-order chi connectivity index (χ1) is 15.7. The second-order valence-electron chi connectivity index (χ2n) is 8.33. The van der Waals surface area contributed by atoms with E-state index in [-0.39, 0.29) is 29.6 Å². The Hall–Kier alpha value is -2.78. The zero-order valence-electron chi connectivity index (χ0n) is 18.9. The van der Waals surface area contributed by atoms with Crippen LogP contribution in [-0.4, -0.2) is 43.7 Å². The maximum Gasteiger partial charge on any atom is 0.309 e. The summed E-state index contributed by atoms with van der Waals surface area (Å²) in [5, 5.41) is 5.19. The Labute approximate surface area is 194 Å². The van der Waals surface area contributed by atoms with Gasteiger partial charge in [-0.1, -0.05) is 30.7 Å². The molecule has 1 heterocycles. The normalized spacial score (nSPS) is 16.9. The van der Waals surface area contributed by atoms with Gasteiger partial charge in [0, 0.05) is 25.7 Å². The molecule has 0 saturated carbocycles. The van der Waals surface area contributed by atoms with E-state index in [9.17, 15) is 22.4 Å². The molecule has 178 valence electrons. The van der Waals surface area contributed by atoms with E-state index in [1.54, 1.807) is 0 Å². The summed E-state index contributed by atoms with van der Waals surface area (Å²) >= 11 is 0. The van der Waals surface area contributed by atoms with Gasteiger partial charge in [-0.3, -0.25) is 9.59 Å². The number of benzene rings is 2. The van der Waals surface area contributed by atoms with Crippen molar-refractivity contribution in [2.45, 2.75) is 57.0 Å². The van der Waals surface area contributed by atoms with Gasteiger partial charge in [0.25, 0.3) is 0 Å². The van der Waals surface area contributed by atoms with Gasteiger partial charge in [-0.05, 0) is 68.0 Å². The van der Waals surface area contributed by atoms with Crippen LogP contribution in [-0.2, 0) is 26.2 Å². The minimum atomic E-state index is -3.79. The van der Waals surface area contributed by atoms with Gasteiger partial charge in [0.1, 0.15) is 5.82 Å². The summed E-state index contributed by atoms with van der Waals surface area (Å²) in [6.45, 7) is 4.26. The predicted octanol–water partition coefficient (Wildman–Crippen LogP) is 2.81. The fraction of sp³-hybridized carbons (Fsp3) is 0.417. The fourth-order valence-electron chi connectivity index (χ4n) is 3.99. The molecule has 2 N–H and O–H groups in total. The van der Waals surface area contributed by atoms with E-state index in [0.717, 1.165) is 30.0 Å². The van der Waals surface area contributed by atoms with Crippen molar-refractivity contribution in [3.05, 3.63) is 65.0 Å². The van der Waals surface area contributed by atoms with Crippen molar-refractivity contribution in [2.24, 2.45) is 0 Å². The van der Waals surface area contributed by atoms with E-state index < -0.39 is 27.7 Å². The molecular formula is C24H30FN3O4S. The van der Waals surface area contributed by atoms with Crippen LogP contribution in [0.15, 0.2) is 47.4 Å². The maximum absolute atomic E-state index is 13.6. The lowest BCUT2D eigenvalue weighted by atomic mass is 10.0. The molecule has 1 saturated heterocycles. The van der Waals surface area contributed by atoms with Crippen LogP contribution in [0.3, 0.4) is 0 Å². The second kappa shape index (κ2) is 10.9. The molecule has 3 rings (SSSR count). The summed E-state index contributed by atoms with van der Waals surface area (Å²) in [5.41, 5.74) is 2.22. The number of halogens is 1. The monoisotopic (exact) mass is 475 g/mol. The molecule has 0 aromatic heterocycles. The second-order valence-corrected chi connectivity index (χ2v) is 10.2. The molecule has 1 aliphatic rings. The smallest absolute Gasteiger partial charge is 0.309 e. The first-order valence-corrected chi connectivity index (χ1v) is 12.5. The van der Waals surface area contributed by atoms with E-state index >= 15 is 0 Å². The Morgan fingerprint density at radius 2 is 1.76 bits per heavy atom. The van der Waals surface area contributed by atoms with Gasteiger partial charge in [-0.2, -0.15) is 4.31 Å². The highest BCUT2D eigenvalue weighted by Gasteiger charge is 2.33. The Morgan fingerprint density at radius 1 is 1.03 bits per heavy atom. The van der Waals surface area contributed by atoms with Crippen LogP contribution in [0, 0.1) is 19.7 Å². The van der Waals surface area contributed by atoms with Gasteiger partial charge in [0.05, 0.1) is 4.90 Å². The number of rotatable bonds is 7. The predicted molar refractivity (Wildman–Crippen MR) is 123 cm³/mol. The van der Waals surface area contributed by atoms with Crippen LogP contribution in [0.1, 0.15) is 42.4 Å². The van der Waals surface area contributed by atoms with Crippen molar-refractivity contribution in [1.82, 2.24) is 14.9 Å². The SMILES string of the molecule is Cc1cc(S(=O)(=O)N2CCCC[C@@H]2CCNC(=O)C(=O)NCc2ccccc2C)ccc1F. The number of amides is 2. The lowest BCUT2D eigenvalue weighted by Crippen LogP contribution is -2.46. The van der Waals surface area contributed by atoms with E-state index in [4.69, 9.17) is 0 Å². The number of aryl methyl sites for hydroxylation is 2. The summed E-state index contributed by atoms with van der Waals surface area (Å²) in [7, 11) is -3.79. The van der Waals surface area contributed by atoms with Crippen molar-refractivity contribution in [1.29, 1.82) is 0 Å². The molecule has 0 aliphatic carbocycles. The van der Waals surface area contributed by atoms with Crippen LogP contribution in [0.25, 0.3) is 0 Å². The molecule has 9 heteroatoms. The Morgan fingerprint density at radius 3 is 2.48 bits per heavy atom. The number of carbonyl (C=O) groups excluding carboxylic acids is 2. The third kappa shape index (κ3) is 6.17. The van der Waals surface area contributed by atoms with Crippen LogP contribution in [0.5, 0.6) is 0 Å². The van der Waals surface area contributed by atoms with E-state index in [1.165, 1.54) is 23.4 Å². The molecular weight excluding hydrogens is 445 g/mol. The standard InChI is InChI=1S/C24H30FN3O4S/c1-17-7-3-4-8-19(17)16-27-24(30)23(29)26-13-12-20-9-5-6-14-28(20)33(31,32)21-10-11-22(25)18(2)15-21/h3-4,7-8,10-11,15,20H,5-6,9,12-14,16H2,1-2H3,(H,26,29)(H,27,30)/t20-/m1/s1. The molecule has 7 nitrogen and oxygen atoms in total. The molecule has 2 amide bonds.